The van der Waals surface area contributed by atoms with E-state index in [1.165, 1.54) is 0 Å². The monoisotopic (exact) mass is 355 g/mol. The van der Waals surface area contributed by atoms with Crippen LogP contribution in [0.5, 0.6) is 0 Å². The van der Waals surface area contributed by atoms with Crippen molar-refractivity contribution >= 4 is 27.7 Å². The average molecular weight is 356 g/mol. The van der Waals surface area contributed by atoms with Crippen molar-refractivity contribution in [2.75, 3.05) is 32.8 Å². The zero-order valence-electron chi connectivity index (χ0n) is 11.5. The third-order valence-electron chi connectivity index (χ3n) is 3.22. The van der Waals surface area contributed by atoms with E-state index in [-0.39, 0.29) is 18.6 Å². The van der Waals surface area contributed by atoms with E-state index < -0.39 is 5.91 Å². The number of morpholine rings is 1. The topological polar surface area (TPSA) is 84.7 Å². The van der Waals surface area contributed by atoms with E-state index >= 15 is 0 Å². The van der Waals surface area contributed by atoms with Crippen molar-refractivity contribution in [2.24, 2.45) is 5.73 Å². The molecule has 3 N–H and O–H groups in total. The molecule has 0 saturated carbocycles. The Hall–Kier alpha value is -1.28. The van der Waals surface area contributed by atoms with Gasteiger partial charge in [0.1, 0.15) is 0 Å². The summed E-state index contributed by atoms with van der Waals surface area (Å²) >= 11 is 3.29. The van der Waals surface area contributed by atoms with E-state index in [9.17, 15) is 9.59 Å². The molecule has 1 aliphatic heterocycles. The Labute approximate surface area is 131 Å². The first-order chi connectivity index (χ1) is 10.1. The molecule has 1 atom stereocenters. The second-order valence-corrected chi connectivity index (χ2v) is 5.68. The van der Waals surface area contributed by atoms with Gasteiger partial charge < -0.3 is 10.5 Å². The fourth-order valence-electron chi connectivity index (χ4n) is 2.15. The molecule has 0 bridgehead atoms. The number of amides is 2. The lowest BCUT2D eigenvalue weighted by atomic mass is 10.2. The summed E-state index contributed by atoms with van der Waals surface area (Å²) in [6.07, 6.45) is -0.0504. The molecule has 1 aliphatic rings. The maximum atomic E-state index is 12.0. The molecule has 1 heterocycles. The quantitative estimate of drug-likeness (QED) is 0.814. The zero-order valence-corrected chi connectivity index (χ0v) is 13.1. The van der Waals surface area contributed by atoms with Crippen molar-refractivity contribution in [3.8, 4) is 0 Å². The fraction of sp³-hybridized carbons (Fsp3) is 0.429. The summed E-state index contributed by atoms with van der Waals surface area (Å²) in [7, 11) is 0. The Kier molecular flexibility index (Phi) is 5.86. The molecule has 7 heteroatoms. The molecule has 21 heavy (non-hydrogen) atoms. The van der Waals surface area contributed by atoms with E-state index in [2.05, 4.69) is 21.2 Å². The van der Waals surface area contributed by atoms with Crippen LogP contribution in [0, 0.1) is 0 Å². The Balaban J connectivity index is 1.87. The van der Waals surface area contributed by atoms with Crippen molar-refractivity contribution in [3.63, 3.8) is 0 Å². The minimum atomic E-state index is -0.406. The van der Waals surface area contributed by atoms with Gasteiger partial charge in [0.15, 0.2) is 0 Å². The zero-order chi connectivity index (χ0) is 15.2. The maximum absolute atomic E-state index is 12.0. The van der Waals surface area contributed by atoms with Crippen molar-refractivity contribution in [3.05, 3.63) is 34.3 Å². The van der Waals surface area contributed by atoms with Gasteiger partial charge in [-0.1, -0.05) is 12.1 Å². The van der Waals surface area contributed by atoms with Crippen LogP contribution < -0.4 is 11.1 Å². The molecule has 1 saturated heterocycles. The van der Waals surface area contributed by atoms with Crippen LogP contribution in [-0.2, 0) is 9.53 Å². The number of nitrogens with one attached hydrogen (secondary N) is 1. The third-order valence-corrected chi connectivity index (χ3v) is 3.92. The minimum Gasteiger partial charge on any atom is -0.374 e. The summed E-state index contributed by atoms with van der Waals surface area (Å²) in [5.74, 6) is -0.732. The van der Waals surface area contributed by atoms with Gasteiger partial charge in [-0.05, 0) is 28.1 Å². The highest BCUT2D eigenvalue weighted by Gasteiger charge is 2.22. The third kappa shape index (κ3) is 4.60. The predicted molar refractivity (Wildman–Crippen MR) is 81.8 cm³/mol. The molecule has 2 rings (SSSR count). The van der Waals surface area contributed by atoms with Gasteiger partial charge in [0.25, 0.3) is 5.91 Å². The van der Waals surface area contributed by atoms with Gasteiger partial charge in [-0.25, -0.2) is 0 Å². The summed E-state index contributed by atoms with van der Waals surface area (Å²) in [4.78, 5) is 25.9. The molecule has 0 aromatic heterocycles. The average Bonchev–Trinajstić information content (AvgIpc) is 2.47. The molecular formula is C14H18BrN3O3. The normalized spacial score (nSPS) is 19.2. The van der Waals surface area contributed by atoms with Gasteiger partial charge in [-0.2, -0.15) is 0 Å². The first kappa shape index (κ1) is 16.1. The number of carbonyl (C=O) groups is 2. The Morgan fingerprint density at radius 1 is 1.43 bits per heavy atom. The van der Waals surface area contributed by atoms with Crippen molar-refractivity contribution < 1.29 is 14.3 Å². The highest BCUT2D eigenvalue weighted by molar-refractivity contribution is 9.10. The van der Waals surface area contributed by atoms with Crippen LogP contribution >= 0.6 is 15.9 Å². The second kappa shape index (κ2) is 7.65. The molecule has 1 fully saturated rings. The Morgan fingerprint density at radius 2 is 2.19 bits per heavy atom. The number of imide groups is 1. The SMILES string of the molecule is NCC1CN(CC(=O)NC(=O)c2ccccc2Br)CCO1. The molecule has 0 aliphatic carbocycles. The highest BCUT2D eigenvalue weighted by atomic mass is 79.9. The summed E-state index contributed by atoms with van der Waals surface area (Å²) in [6, 6.07) is 6.97. The van der Waals surface area contributed by atoms with E-state index in [1.807, 2.05) is 11.0 Å². The number of hydrogen-bond donors (Lipinski definition) is 2. The van der Waals surface area contributed by atoms with Crippen LogP contribution in [0.25, 0.3) is 0 Å². The molecule has 0 spiro atoms. The van der Waals surface area contributed by atoms with Crippen LogP contribution in [0.4, 0.5) is 0 Å². The molecule has 1 aromatic rings. The van der Waals surface area contributed by atoms with E-state index in [4.69, 9.17) is 10.5 Å². The summed E-state index contributed by atoms with van der Waals surface area (Å²) in [5, 5.41) is 2.40. The number of nitrogens with zero attached hydrogens (tertiary/aromatic N) is 1. The van der Waals surface area contributed by atoms with E-state index in [1.54, 1.807) is 18.2 Å². The first-order valence-corrected chi connectivity index (χ1v) is 7.52. The van der Waals surface area contributed by atoms with Crippen LogP contribution in [0.1, 0.15) is 10.4 Å². The summed E-state index contributed by atoms with van der Waals surface area (Å²) in [6.45, 7) is 2.40. The smallest absolute Gasteiger partial charge is 0.259 e. The molecular weight excluding hydrogens is 338 g/mol. The van der Waals surface area contributed by atoms with Crippen LogP contribution in [0.15, 0.2) is 28.7 Å². The molecule has 1 aromatic carbocycles. The lowest BCUT2D eigenvalue weighted by Crippen LogP contribution is -2.49. The fourth-order valence-corrected chi connectivity index (χ4v) is 2.61. The van der Waals surface area contributed by atoms with E-state index in [0.29, 0.717) is 36.3 Å². The number of nitrogens with two attached hydrogens (primary N) is 1. The van der Waals surface area contributed by atoms with Gasteiger partial charge in [-0.3, -0.25) is 19.8 Å². The van der Waals surface area contributed by atoms with Crippen molar-refractivity contribution in [1.82, 2.24) is 10.2 Å². The van der Waals surface area contributed by atoms with Gasteiger partial charge in [0.2, 0.25) is 5.91 Å². The number of rotatable bonds is 4. The lowest BCUT2D eigenvalue weighted by Gasteiger charge is -2.31. The van der Waals surface area contributed by atoms with Crippen molar-refractivity contribution in [1.29, 1.82) is 0 Å². The van der Waals surface area contributed by atoms with E-state index in [0.717, 1.165) is 0 Å². The van der Waals surface area contributed by atoms with Crippen LogP contribution in [-0.4, -0.2) is 55.6 Å². The van der Waals surface area contributed by atoms with Gasteiger partial charge in [-0.15, -0.1) is 0 Å². The number of halogens is 1. The van der Waals surface area contributed by atoms with Gasteiger partial charge in [0, 0.05) is 24.1 Å². The Bertz CT molecular complexity index is 524. The largest absolute Gasteiger partial charge is 0.374 e. The van der Waals surface area contributed by atoms with Crippen LogP contribution in [0.2, 0.25) is 0 Å². The minimum absolute atomic E-state index is 0.0504. The number of ether oxygens (including phenoxy) is 1. The summed E-state index contributed by atoms with van der Waals surface area (Å²) in [5.41, 5.74) is 6.00. The van der Waals surface area contributed by atoms with Crippen LogP contribution in [0.3, 0.4) is 0 Å². The summed E-state index contributed by atoms with van der Waals surface area (Å²) < 4.78 is 6.09. The first-order valence-electron chi connectivity index (χ1n) is 6.73. The molecule has 0 radical (unpaired) electrons. The number of carbonyl (C=O) groups excluding carboxylic acids is 2. The molecule has 1 unspecified atom stereocenters. The number of benzene rings is 1. The molecule has 114 valence electrons. The maximum Gasteiger partial charge on any atom is 0.259 e. The lowest BCUT2D eigenvalue weighted by molar-refractivity contribution is -0.123. The Morgan fingerprint density at radius 3 is 2.90 bits per heavy atom. The predicted octanol–water partition coefficient (Wildman–Crippen LogP) is 0.365. The van der Waals surface area contributed by atoms with Gasteiger partial charge in [0.05, 0.1) is 24.8 Å². The number of hydrogen-bond acceptors (Lipinski definition) is 5. The molecule has 6 nitrogen and oxygen atoms in total. The standard InChI is InChI=1S/C14H18BrN3O3/c15-12-4-2-1-3-11(12)14(20)17-13(19)9-18-5-6-21-10(7-16)8-18/h1-4,10H,5-9,16H2,(H,17,19,20). The second-order valence-electron chi connectivity index (χ2n) is 4.82. The van der Waals surface area contributed by atoms with Gasteiger partial charge >= 0.3 is 0 Å². The molecule has 2 amide bonds. The highest BCUT2D eigenvalue weighted by Crippen LogP contribution is 2.15. The van der Waals surface area contributed by atoms with Crippen molar-refractivity contribution in [2.45, 2.75) is 6.10 Å².